The average Bonchev–Trinajstić information content (AvgIpc) is 2.67. The molecule has 0 bridgehead atoms. The largest absolute Gasteiger partial charge is 0.435 e. The van der Waals surface area contributed by atoms with Gasteiger partial charge in [-0.2, -0.15) is 39.5 Å². The summed E-state index contributed by atoms with van der Waals surface area (Å²) in [6.07, 6.45) is -13.2. The van der Waals surface area contributed by atoms with Gasteiger partial charge in [-0.1, -0.05) is 6.07 Å². The number of carbonyl (C=O) groups is 1. The smallest absolute Gasteiger partial charge is 0.433 e. The van der Waals surface area contributed by atoms with Crippen molar-refractivity contribution in [2.24, 2.45) is 0 Å². The Balaban J connectivity index is 2.66. The van der Waals surface area contributed by atoms with E-state index in [1.807, 2.05) is 0 Å². The number of carbonyl (C=O) groups excluding carboxylic acids is 1. The summed E-state index contributed by atoms with van der Waals surface area (Å²) in [6, 6.07) is 1.73. The molecule has 0 heterocycles. The normalized spacial score (nSPS) is 12.6. The lowest BCUT2D eigenvalue weighted by Gasteiger charge is -2.31. The van der Waals surface area contributed by atoms with E-state index in [0.29, 0.717) is 12.1 Å². The maximum Gasteiger partial charge on any atom is 0.435 e. The van der Waals surface area contributed by atoms with E-state index < -0.39 is 74.0 Å². The molecule has 1 amide bonds. The van der Waals surface area contributed by atoms with Gasteiger partial charge in [-0.25, -0.2) is 4.39 Å². The van der Waals surface area contributed by atoms with E-state index in [4.69, 9.17) is 0 Å². The molecule has 0 spiro atoms. The fourth-order valence-corrected chi connectivity index (χ4v) is 3.14. The molecule has 0 aliphatic rings. The van der Waals surface area contributed by atoms with Crippen LogP contribution < -0.4 is 10.1 Å². The highest BCUT2D eigenvalue weighted by Crippen LogP contribution is 2.55. The summed E-state index contributed by atoms with van der Waals surface area (Å²) in [5.41, 5.74) is -11.5. The van der Waals surface area contributed by atoms with Crippen molar-refractivity contribution in [1.82, 2.24) is 0 Å². The molecular formula is C17H7BrF10N2O4. The van der Waals surface area contributed by atoms with E-state index in [1.165, 1.54) is 0 Å². The van der Waals surface area contributed by atoms with Crippen LogP contribution in [0.5, 0.6) is 5.75 Å². The Hall–Kier alpha value is -3.11. The van der Waals surface area contributed by atoms with Crippen molar-refractivity contribution in [1.29, 1.82) is 0 Å². The van der Waals surface area contributed by atoms with E-state index in [2.05, 4.69) is 20.7 Å². The number of nitro groups is 1. The van der Waals surface area contributed by atoms with E-state index in [9.17, 15) is 58.8 Å². The van der Waals surface area contributed by atoms with Gasteiger partial charge < -0.3 is 10.1 Å². The molecule has 0 atom stereocenters. The average molecular weight is 573 g/mol. The lowest BCUT2D eigenvalue weighted by atomic mass is 9.93. The number of halogens is 11. The quantitative estimate of drug-likeness (QED) is 0.239. The van der Waals surface area contributed by atoms with E-state index >= 15 is 0 Å². The van der Waals surface area contributed by atoms with Crippen LogP contribution in [0.2, 0.25) is 0 Å². The Bertz CT molecular complexity index is 1110. The predicted octanol–water partition coefficient (Wildman–Crippen LogP) is 6.64. The number of benzene rings is 2. The number of nitrogens with one attached hydrogen (secondary N) is 1. The number of rotatable bonds is 6. The summed E-state index contributed by atoms with van der Waals surface area (Å²) in [6.45, 7) is -3.88. The molecule has 0 unspecified atom stereocenters. The Morgan fingerprint density at radius 2 is 1.62 bits per heavy atom. The van der Waals surface area contributed by atoms with Crippen LogP contribution in [0, 0.1) is 15.9 Å². The molecule has 2 aromatic carbocycles. The molecule has 2 rings (SSSR count). The van der Waals surface area contributed by atoms with E-state index in [-0.39, 0.29) is 12.1 Å². The number of ether oxygens (including phenoxy) is 1. The van der Waals surface area contributed by atoms with Crippen molar-refractivity contribution < 1.29 is 58.4 Å². The first kappa shape index (κ1) is 27.1. The minimum Gasteiger partial charge on any atom is -0.433 e. The summed E-state index contributed by atoms with van der Waals surface area (Å²) in [5, 5.41) is 12.5. The fraction of sp³-hybridized carbons (Fsp3) is 0.235. The highest BCUT2D eigenvalue weighted by Gasteiger charge is 2.73. The van der Waals surface area contributed by atoms with Crippen LogP contribution in [-0.2, 0) is 5.67 Å². The minimum absolute atomic E-state index is 0.112. The molecule has 0 aliphatic heterocycles. The molecule has 0 fully saturated rings. The molecular weight excluding hydrogens is 566 g/mol. The second-order valence-corrected chi connectivity index (χ2v) is 7.07. The SMILES string of the molecule is O=C(Nc1c(Br)cc(C(F)(C(F)(F)F)C(F)(F)F)cc1OC(F)F)c1cccc([N+](=O)[O-])c1F. The van der Waals surface area contributed by atoms with Crippen molar-refractivity contribution in [3.63, 3.8) is 0 Å². The van der Waals surface area contributed by atoms with Gasteiger partial charge in [0, 0.05) is 16.1 Å². The number of hydrogen-bond acceptors (Lipinski definition) is 4. The topological polar surface area (TPSA) is 81.5 Å². The van der Waals surface area contributed by atoms with Crippen LogP contribution in [-0.4, -0.2) is 29.8 Å². The Morgan fingerprint density at radius 3 is 2.09 bits per heavy atom. The Labute approximate surface area is 189 Å². The monoisotopic (exact) mass is 572 g/mol. The second kappa shape index (κ2) is 9.27. The number of amides is 1. The Morgan fingerprint density at radius 1 is 1.06 bits per heavy atom. The second-order valence-electron chi connectivity index (χ2n) is 6.21. The predicted molar refractivity (Wildman–Crippen MR) is 96.7 cm³/mol. The fourth-order valence-electron chi connectivity index (χ4n) is 2.60. The number of nitro benzene ring substituents is 1. The molecule has 0 saturated carbocycles. The van der Waals surface area contributed by atoms with Crippen LogP contribution in [0.3, 0.4) is 0 Å². The molecule has 17 heteroatoms. The first-order valence-electron chi connectivity index (χ1n) is 8.27. The summed E-state index contributed by atoms with van der Waals surface area (Å²) < 4.78 is 135. The lowest BCUT2D eigenvalue weighted by molar-refractivity contribution is -0.387. The summed E-state index contributed by atoms with van der Waals surface area (Å²) in [7, 11) is 0. The number of nitrogens with zero attached hydrogens (tertiary/aromatic N) is 1. The molecule has 34 heavy (non-hydrogen) atoms. The van der Waals surface area contributed by atoms with Crippen molar-refractivity contribution in [2.45, 2.75) is 24.6 Å². The molecule has 0 saturated heterocycles. The number of alkyl halides is 9. The summed E-state index contributed by atoms with van der Waals surface area (Å²) in [5.74, 6) is -4.84. The van der Waals surface area contributed by atoms with Crippen LogP contribution >= 0.6 is 15.9 Å². The lowest BCUT2D eigenvalue weighted by Crippen LogP contribution is -2.50. The van der Waals surface area contributed by atoms with Crippen molar-refractivity contribution in [3.8, 4) is 5.75 Å². The molecule has 1 N–H and O–H groups in total. The van der Waals surface area contributed by atoms with Crippen molar-refractivity contribution in [2.75, 3.05) is 5.32 Å². The van der Waals surface area contributed by atoms with Crippen LogP contribution in [0.25, 0.3) is 0 Å². The van der Waals surface area contributed by atoms with Crippen LogP contribution in [0.15, 0.2) is 34.8 Å². The zero-order valence-electron chi connectivity index (χ0n) is 15.7. The van der Waals surface area contributed by atoms with Crippen molar-refractivity contribution in [3.05, 3.63) is 61.9 Å². The van der Waals surface area contributed by atoms with Crippen LogP contribution in [0.1, 0.15) is 15.9 Å². The molecule has 186 valence electrons. The third-order valence-electron chi connectivity index (χ3n) is 4.11. The third kappa shape index (κ3) is 5.02. The van der Waals surface area contributed by atoms with Crippen LogP contribution in [0.4, 0.5) is 55.3 Å². The van der Waals surface area contributed by atoms with Gasteiger partial charge in [0.1, 0.15) is 0 Å². The summed E-state index contributed by atoms with van der Waals surface area (Å²) >= 11 is 2.43. The Kier molecular flexibility index (Phi) is 7.39. The minimum atomic E-state index is -6.59. The molecule has 0 radical (unpaired) electrons. The van der Waals surface area contributed by atoms with Gasteiger partial charge in [-0.05, 0) is 34.1 Å². The first-order valence-corrected chi connectivity index (χ1v) is 9.06. The molecule has 2 aromatic rings. The highest BCUT2D eigenvalue weighted by molar-refractivity contribution is 9.10. The zero-order chi connectivity index (χ0) is 26.2. The van der Waals surface area contributed by atoms with E-state index in [1.54, 1.807) is 5.32 Å². The van der Waals surface area contributed by atoms with E-state index in [0.717, 1.165) is 6.07 Å². The van der Waals surface area contributed by atoms with Gasteiger partial charge >= 0.3 is 30.3 Å². The molecule has 0 aromatic heterocycles. The highest BCUT2D eigenvalue weighted by atomic mass is 79.9. The third-order valence-corrected chi connectivity index (χ3v) is 4.73. The van der Waals surface area contributed by atoms with Gasteiger partial charge in [0.15, 0.2) is 5.75 Å². The first-order chi connectivity index (χ1) is 15.4. The van der Waals surface area contributed by atoms with Gasteiger partial charge in [0.25, 0.3) is 5.91 Å². The maximum absolute atomic E-state index is 14.4. The van der Waals surface area contributed by atoms with Gasteiger partial charge in [-0.3, -0.25) is 14.9 Å². The summed E-state index contributed by atoms with van der Waals surface area (Å²) in [4.78, 5) is 21.9. The molecule has 6 nitrogen and oxygen atoms in total. The standard InChI is InChI=1S/C17H7BrF10N2O4/c18-8-4-6(15(22,16(23,24)25)17(26,27)28)5-10(34-14(20)21)12(8)29-13(31)7-2-1-3-9(11(7)19)30(32)33/h1-5,14H,(H,29,31). The zero-order valence-corrected chi connectivity index (χ0v) is 17.3. The molecule has 0 aliphatic carbocycles. The van der Waals surface area contributed by atoms with Crippen molar-refractivity contribution >= 4 is 33.2 Å². The van der Waals surface area contributed by atoms with Gasteiger partial charge in [0.2, 0.25) is 5.82 Å². The number of hydrogen-bond donors (Lipinski definition) is 1. The van der Waals surface area contributed by atoms with Gasteiger partial charge in [-0.15, -0.1) is 0 Å². The van der Waals surface area contributed by atoms with Gasteiger partial charge in [0.05, 0.1) is 16.2 Å². The number of anilines is 1. The maximum atomic E-state index is 14.4.